The second-order valence-electron chi connectivity index (χ2n) is 8.54. The van der Waals surface area contributed by atoms with Crippen LogP contribution in [0.25, 0.3) is 5.69 Å². The van der Waals surface area contributed by atoms with Crippen molar-refractivity contribution in [3.63, 3.8) is 0 Å². The number of unbranched alkanes of at least 4 members (excludes halogenated alkanes) is 1. The molecule has 6 nitrogen and oxygen atoms in total. The molecule has 1 fully saturated rings. The van der Waals surface area contributed by atoms with Crippen molar-refractivity contribution in [2.75, 3.05) is 5.32 Å². The van der Waals surface area contributed by atoms with Crippen LogP contribution in [0.3, 0.4) is 0 Å². The molecule has 2 aromatic rings. The first-order valence-corrected chi connectivity index (χ1v) is 12.6. The number of nitrogens with one attached hydrogen (secondary N) is 1. The number of rotatable bonds is 6. The number of carbonyl (C=O) groups is 1. The molecule has 0 unspecified atom stereocenters. The zero-order chi connectivity index (χ0) is 21.3. The van der Waals surface area contributed by atoms with Crippen molar-refractivity contribution in [3.8, 4) is 5.69 Å². The van der Waals surface area contributed by atoms with E-state index in [0.717, 1.165) is 25.7 Å². The van der Waals surface area contributed by atoms with Crippen LogP contribution < -0.4 is 5.32 Å². The zero-order valence-electron chi connectivity index (χ0n) is 17.2. The summed E-state index contributed by atoms with van der Waals surface area (Å²) in [5.41, 5.74) is 1.59. The zero-order valence-corrected chi connectivity index (χ0v) is 18.0. The lowest BCUT2D eigenvalue weighted by molar-refractivity contribution is -0.121. The van der Waals surface area contributed by atoms with Gasteiger partial charge in [0.15, 0.2) is 9.84 Å². The Morgan fingerprint density at radius 1 is 1.17 bits per heavy atom. The van der Waals surface area contributed by atoms with E-state index in [1.54, 1.807) is 12.1 Å². The van der Waals surface area contributed by atoms with Crippen LogP contribution in [0.1, 0.15) is 63.1 Å². The monoisotopic (exact) mass is 433 g/mol. The van der Waals surface area contributed by atoms with E-state index in [9.17, 15) is 17.6 Å². The highest BCUT2D eigenvalue weighted by Crippen LogP contribution is 2.36. The number of amides is 1. The third-order valence-corrected chi connectivity index (χ3v) is 7.73. The van der Waals surface area contributed by atoms with Gasteiger partial charge in [0.2, 0.25) is 5.91 Å². The van der Waals surface area contributed by atoms with Gasteiger partial charge < -0.3 is 5.32 Å². The second kappa shape index (κ2) is 8.49. The predicted molar refractivity (Wildman–Crippen MR) is 113 cm³/mol. The Labute approximate surface area is 176 Å². The molecule has 0 atom stereocenters. The molecule has 0 bridgehead atoms. The Balaban J connectivity index is 1.54. The summed E-state index contributed by atoms with van der Waals surface area (Å²) in [6.45, 7) is 2.20. The number of benzene rings is 1. The van der Waals surface area contributed by atoms with Crippen LogP contribution >= 0.6 is 0 Å². The van der Waals surface area contributed by atoms with Gasteiger partial charge in [0, 0.05) is 11.5 Å². The fourth-order valence-electron chi connectivity index (χ4n) is 4.56. The predicted octanol–water partition coefficient (Wildman–Crippen LogP) is 4.37. The van der Waals surface area contributed by atoms with Crippen molar-refractivity contribution in [3.05, 3.63) is 41.3 Å². The number of carbonyl (C=O) groups excluding carboxylic acids is 1. The Kier molecular flexibility index (Phi) is 5.95. The molecule has 1 aliphatic carbocycles. The number of nitrogens with zero attached hydrogens (tertiary/aromatic N) is 2. The minimum atomic E-state index is -3.25. The molecule has 1 amide bonds. The highest BCUT2D eigenvalue weighted by Gasteiger charge is 2.34. The van der Waals surface area contributed by atoms with Crippen molar-refractivity contribution in [2.24, 2.45) is 11.8 Å². The summed E-state index contributed by atoms with van der Waals surface area (Å²) in [6, 6.07) is 5.78. The minimum Gasteiger partial charge on any atom is -0.310 e. The number of aromatic nitrogens is 2. The third kappa shape index (κ3) is 4.43. The first-order valence-electron chi connectivity index (χ1n) is 10.7. The summed E-state index contributed by atoms with van der Waals surface area (Å²) in [7, 11) is -3.25. The molecule has 1 aromatic carbocycles. The van der Waals surface area contributed by atoms with Crippen LogP contribution in [-0.2, 0) is 26.1 Å². The van der Waals surface area contributed by atoms with Gasteiger partial charge >= 0.3 is 0 Å². The second-order valence-corrected chi connectivity index (χ2v) is 10.6. The molecule has 0 saturated heterocycles. The highest BCUT2D eigenvalue weighted by molar-refractivity contribution is 7.90. The Hall–Kier alpha value is -2.22. The Morgan fingerprint density at radius 3 is 2.53 bits per heavy atom. The lowest BCUT2D eigenvalue weighted by atomic mass is 9.79. The van der Waals surface area contributed by atoms with Gasteiger partial charge in [-0.1, -0.05) is 26.2 Å². The third-order valence-electron chi connectivity index (χ3n) is 6.28. The summed E-state index contributed by atoms with van der Waals surface area (Å²) in [6.07, 6.45) is 7.48. The molecule has 30 heavy (non-hydrogen) atoms. The largest absolute Gasteiger partial charge is 0.310 e. The van der Waals surface area contributed by atoms with E-state index in [2.05, 4.69) is 17.3 Å². The van der Waals surface area contributed by atoms with Crippen molar-refractivity contribution in [2.45, 2.75) is 63.4 Å². The molecule has 162 valence electrons. The molecule has 1 saturated carbocycles. The van der Waals surface area contributed by atoms with E-state index < -0.39 is 9.84 Å². The van der Waals surface area contributed by atoms with Crippen LogP contribution in [0, 0.1) is 17.7 Å². The topological polar surface area (TPSA) is 81.1 Å². The van der Waals surface area contributed by atoms with Crippen molar-refractivity contribution in [1.82, 2.24) is 9.78 Å². The normalized spacial score (nSPS) is 22.6. The first kappa shape index (κ1) is 21.0. The van der Waals surface area contributed by atoms with Crippen LogP contribution in [-0.4, -0.2) is 24.1 Å². The number of anilines is 1. The van der Waals surface area contributed by atoms with Gasteiger partial charge in [-0.2, -0.15) is 5.10 Å². The Bertz CT molecular complexity index is 1020. The standard InChI is InChI=1S/C22H28FN3O3S/c1-2-3-4-15-5-7-16(8-6-15)22(27)24-21-19-13-30(28,29)14-20(19)25-26(21)18-11-9-17(23)10-12-18/h9-12,15-16H,2-8,13-14H2,1H3,(H,24,27). The summed E-state index contributed by atoms with van der Waals surface area (Å²) in [5, 5.41) is 7.40. The average Bonchev–Trinajstić information content (AvgIpc) is 3.19. The summed E-state index contributed by atoms with van der Waals surface area (Å²) >= 11 is 0. The molecule has 0 spiro atoms. The van der Waals surface area contributed by atoms with Crippen molar-refractivity contribution < 1.29 is 17.6 Å². The van der Waals surface area contributed by atoms with Crippen LogP contribution in [0.5, 0.6) is 0 Å². The van der Waals surface area contributed by atoms with E-state index in [-0.39, 0.29) is 29.1 Å². The van der Waals surface area contributed by atoms with Gasteiger partial charge in [-0.15, -0.1) is 0 Å². The van der Waals surface area contributed by atoms with E-state index in [1.807, 2.05) is 0 Å². The average molecular weight is 434 g/mol. The van der Waals surface area contributed by atoms with Crippen LogP contribution in [0.2, 0.25) is 0 Å². The molecule has 8 heteroatoms. The maximum atomic E-state index is 13.3. The smallest absolute Gasteiger partial charge is 0.228 e. The molecule has 0 radical (unpaired) electrons. The molecular weight excluding hydrogens is 405 g/mol. The Morgan fingerprint density at radius 2 is 1.87 bits per heavy atom. The summed E-state index contributed by atoms with van der Waals surface area (Å²) in [5.74, 6) is 0.299. The van der Waals surface area contributed by atoms with Gasteiger partial charge in [0.1, 0.15) is 11.6 Å². The van der Waals surface area contributed by atoms with E-state index in [1.165, 1.54) is 36.1 Å². The first-order chi connectivity index (χ1) is 14.4. The number of sulfone groups is 1. The van der Waals surface area contributed by atoms with Gasteiger partial charge in [-0.3, -0.25) is 4.79 Å². The molecule has 1 aliphatic heterocycles. The van der Waals surface area contributed by atoms with Crippen LogP contribution in [0.4, 0.5) is 10.2 Å². The maximum Gasteiger partial charge on any atom is 0.228 e. The summed E-state index contributed by atoms with van der Waals surface area (Å²) in [4.78, 5) is 13.0. The minimum absolute atomic E-state index is 0.0758. The number of halogens is 1. The number of fused-ring (bicyclic) bond motifs is 1. The summed E-state index contributed by atoms with van der Waals surface area (Å²) < 4.78 is 39.1. The van der Waals surface area contributed by atoms with E-state index in [0.29, 0.717) is 28.7 Å². The van der Waals surface area contributed by atoms with Gasteiger partial charge in [-0.05, 0) is 55.9 Å². The van der Waals surface area contributed by atoms with Crippen LogP contribution in [0.15, 0.2) is 24.3 Å². The molecule has 2 aliphatic rings. The van der Waals surface area contributed by atoms with Crippen molar-refractivity contribution in [1.29, 1.82) is 0 Å². The van der Waals surface area contributed by atoms with Crippen molar-refractivity contribution >= 4 is 21.6 Å². The lowest BCUT2D eigenvalue weighted by Crippen LogP contribution is -2.28. The molecule has 1 aromatic heterocycles. The highest BCUT2D eigenvalue weighted by atomic mass is 32.2. The van der Waals surface area contributed by atoms with Gasteiger partial charge in [0.05, 0.1) is 22.9 Å². The SMILES string of the molecule is CCCCC1CCC(C(=O)Nc2c3c(nn2-c2ccc(F)cc2)CS(=O)(=O)C3)CC1. The maximum absolute atomic E-state index is 13.3. The fourth-order valence-corrected chi connectivity index (χ4v) is 6.06. The van der Waals surface area contributed by atoms with E-state index >= 15 is 0 Å². The molecule has 2 heterocycles. The molecule has 4 rings (SSSR count). The van der Waals surface area contributed by atoms with E-state index in [4.69, 9.17) is 0 Å². The molecule has 1 N–H and O–H groups in total. The quantitative estimate of drug-likeness (QED) is 0.733. The fraction of sp³-hybridized carbons (Fsp3) is 0.545. The van der Waals surface area contributed by atoms with Gasteiger partial charge in [-0.25, -0.2) is 17.5 Å². The lowest BCUT2D eigenvalue weighted by Gasteiger charge is -2.27. The van der Waals surface area contributed by atoms with Gasteiger partial charge in [0.25, 0.3) is 0 Å². The number of hydrogen-bond donors (Lipinski definition) is 1. The molecular formula is C22H28FN3O3S. The number of hydrogen-bond acceptors (Lipinski definition) is 4.